The van der Waals surface area contributed by atoms with Crippen molar-refractivity contribution in [2.24, 2.45) is 0 Å². The van der Waals surface area contributed by atoms with Gasteiger partial charge >= 0.3 is 0 Å². The summed E-state index contributed by atoms with van der Waals surface area (Å²) < 4.78 is 0. The molecule has 0 N–H and O–H groups in total. The summed E-state index contributed by atoms with van der Waals surface area (Å²) in [7, 11) is 0. The topological polar surface area (TPSA) is 20.3 Å². The van der Waals surface area contributed by atoms with E-state index in [0.29, 0.717) is 6.54 Å². The zero-order chi connectivity index (χ0) is 14.1. The Morgan fingerprint density at radius 3 is 2.60 bits per heavy atom. The van der Waals surface area contributed by atoms with Crippen molar-refractivity contribution in [3.63, 3.8) is 0 Å². The summed E-state index contributed by atoms with van der Waals surface area (Å²) in [6, 6.07) is 15.9. The number of para-hydroxylation sites is 1. The molecular formula is C16H14ClNOS. The first-order chi connectivity index (χ1) is 9.65. The molecule has 0 aromatic heterocycles. The lowest BCUT2D eigenvalue weighted by Gasteiger charge is -2.33. The van der Waals surface area contributed by atoms with Crippen LogP contribution >= 0.6 is 23.4 Å². The average molecular weight is 304 g/mol. The molecule has 0 saturated heterocycles. The van der Waals surface area contributed by atoms with Crippen molar-refractivity contribution < 1.29 is 4.79 Å². The van der Waals surface area contributed by atoms with Gasteiger partial charge in [0, 0.05) is 23.4 Å². The van der Waals surface area contributed by atoms with Crippen molar-refractivity contribution in [3.05, 3.63) is 59.1 Å². The van der Waals surface area contributed by atoms with Gasteiger partial charge in [-0.15, -0.1) is 11.8 Å². The second-order valence-electron chi connectivity index (χ2n) is 4.76. The van der Waals surface area contributed by atoms with E-state index in [4.69, 9.17) is 11.6 Å². The molecule has 1 aliphatic rings. The lowest BCUT2D eigenvalue weighted by Crippen LogP contribution is -2.34. The van der Waals surface area contributed by atoms with E-state index in [1.54, 1.807) is 18.7 Å². The molecule has 0 fully saturated rings. The Hall–Kier alpha value is -1.45. The van der Waals surface area contributed by atoms with Crippen LogP contribution in [0.1, 0.15) is 17.7 Å². The van der Waals surface area contributed by atoms with Gasteiger partial charge in [0.25, 0.3) is 0 Å². The predicted octanol–water partition coefficient (Wildman–Crippen LogP) is 4.54. The number of carbonyl (C=O) groups excluding carboxylic acids is 1. The van der Waals surface area contributed by atoms with Gasteiger partial charge in [0.05, 0.1) is 10.9 Å². The third-order valence-corrected chi connectivity index (χ3v) is 4.95. The zero-order valence-electron chi connectivity index (χ0n) is 11.0. The lowest BCUT2D eigenvalue weighted by molar-refractivity contribution is -0.116. The number of rotatable bonds is 1. The van der Waals surface area contributed by atoms with Gasteiger partial charge in [0.1, 0.15) is 0 Å². The van der Waals surface area contributed by atoms with Crippen LogP contribution < -0.4 is 4.90 Å². The molecule has 0 aliphatic carbocycles. The Bertz CT molecular complexity index is 641. The normalized spacial score (nSPS) is 17.7. The smallest absolute Gasteiger partial charge is 0.223 e. The third-order valence-electron chi connectivity index (χ3n) is 3.40. The largest absolute Gasteiger partial charge is 0.310 e. The molecule has 2 nitrogen and oxygen atoms in total. The molecule has 0 spiro atoms. The summed E-state index contributed by atoms with van der Waals surface area (Å²) in [5.41, 5.74) is 2.20. The maximum Gasteiger partial charge on any atom is 0.223 e. The maximum absolute atomic E-state index is 11.9. The van der Waals surface area contributed by atoms with E-state index in [1.165, 1.54) is 5.56 Å². The second kappa shape index (κ2) is 5.51. The molecule has 0 radical (unpaired) electrons. The molecule has 0 bridgehead atoms. The molecule has 3 rings (SSSR count). The van der Waals surface area contributed by atoms with Crippen LogP contribution in [0.4, 0.5) is 5.69 Å². The number of thioether (sulfide) groups is 1. The first-order valence-electron chi connectivity index (χ1n) is 6.44. The fraction of sp³-hybridized carbons (Fsp3) is 0.188. The fourth-order valence-corrected chi connectivity index (χ4v) is 3.79. The molecule has 20 heavy (non-hydrogen) atoms. The first kappa shape index (κ1) is 13.5. The number of carbonyl (C=O) groups is 1. The maximum atomic E-state index is 11.9. The molecule has 4 heteroatoms. The van der Waals surface area contributed by atoms with Gasteiger partial charge in [-0.2, -0.15) is 0 Å². The number of anilines is 1. The van der Waals surface area contributed by atoms with Crippen molar-refractivity contribution in [1.82, 2.24) is 0 Å². The van der Waals surface area contributed by atoms with E-state index in [1.807, 2.05) is 47.4 Å². The highest BCUT2D eigenvalue weighted by Gasteiger charge is 2.28. The van der Waals surface area contributed by atoms with Crippen molar-refractivity contribution in [1.29, 1.82) is 0 Å². The Kier molecular flexibility index (Phi) is 3.72. The average Bonchev–Trinajstić information content (AvgIpc) is 2.46. The number of nitrogens with zero attached hydrogens (tertiary/aromatic N) is 1. The number of fused-ring (bicyclic) bond motifs is 1. The quantitative estimate of drug-likeness (QED) is 0.771. The molecule has 2 aromatic rings. The van der Waals surface area contributed by atoms with Gasteiger partial charge in [-0.05, 0) is 29.8 Å². The standard InChI is InChI=1S/C16H14ClNOS/c1-11(19)18-10-16(12-6-8-13(17)9-7-12)20-15-5-3-2-4-14(15)18/h2-9,16H,10H2,1H3. The molecule has 102 valence electrons. The molecule has 1 atom stereocenters. The van der Waals surface area contributed by atoms with Crippen LogP contribution in [-0.4, -0.2) is 12.5 Å². The third kappa shape index (κ3) is 2.56. The van der Waals surface area contributed by atoms with Crippen LogP contribution in [0.3, 0.4) is 0 Å². The number of hydrogen-bond donors (Lipinski definition) is 0. The number of halogens is 1. The van der Waals surface area contributed by atoms with Crippen LogP contribution in [0.2, 0.25) is 5.02 Å². The van der Waals surface area contributed by atoms with Crippen LogP contribution in [0, 0.1) is 0 Å². The van der Waals surface area contributed by atoms with Crippen LogP contribution in [0.15, 0.2) is 53.4 Å². The predicted molar refractivity (Wildman–Crippen MR) is 84.5 cm³/mol. The van der Waals surface area contributed by atoms with Gasteiger partial charge in [-0.1, -0.05) is 35.9 Å². The summed E-state index contributed by atoms with van der Waals surface area (Å²) in [6.45, 7) is 2.31. The van der Waals surface area contributed by atoms with Crippen molar-refractivity contribution in [2.75, 3.05) is 11.4 Å². The van der Waals surface area contributed by atoms with E-state index < -0.39 is 0 Å². The van der Waals surface area contributed by atoms with E-state index in [-0.39, 0.29) is 11.2 Å². The van der Waals surface area contributed by atoms with Gasteiger partial charge in [-0.3, -0.25) is 4.79 Å². The highest BCUT2D eigenvalue weighted by Crippen LogP contribution is 2.45. The molecule has 1 amide bonds. The van der Waals surface area contributed by atoms with Crippen LogP contribution in [-0.2, 0) is 4.79 Å². The van der Waals surface area contributed by atoms with Gasteiger partial charge < -0.3 is 4.90 Å². The van der Waals surface area contributed by atoms with E-state index >= 15 is 0 Å². The molecule has 2 aromatic carbocycles. The fourth-order valence-electron chi connectivity index (χ4n) is 2.38. The van der Waals surface area contributed by atoms with Crippen LogP contribution in [0.5, 0.6) is 0 Å². The second-order valence-corrected chi connectivity index (χ2v) is 6.44. The molecular weight excluding hydrogens is 290 g/mol. The Labute approximate surface area is 127 Å². The van der Waals surface area contributed by atoms with Gasteiger partial charge in [-0.25, -0.2) is 0 Å². The van der Waals surface area contributed by atoms with E-state index in [2.05, 4.69) is 6.07 Å². The Morgan fingerprint density at radius 2 is 1.90 bits per heavy atom. The number of hydrogen-bond acceptors (Lipinski definition) is 2. The van der Waals surface area contributed by atoms with Gasteiger partial charge in [0.2, 0.25) is 5.91 Å². The molecule has 1 unspecified atom stereocenters. The summed E-state index contributed by atoms with van der Waals surface area (Å²) >= 11 is 7.74. The lowest BCUT2D eigenvalue weighted by atomic mass is 10.1. The van der Waals surface area contributed by atoms with Crippen molar-refractivity contribution in [3.8, 4) is 0 Å². The summed E-state index contributed by atoms with van der Waals surface area (Å²) in [5, 5.41) is 0.976. The first-order valence-corrected chi connectivity index (χ1v) is 7.70. The highest BCUT2D eigenvalue weighted by molar-refractivity contribution is 7.99. The monoisotopic (exact) mass is 303 g/mol. The minimum atomic E-state index is 0.0803. The highest BCUT2D eigenvalue weighted by atomic mass is 35.5. The van der Waals surface area contributed by atoms with Crippen molar-refractivity contribution in [2.45, 2.75) is 17.1 Å². The van der Waals surface area contributed by atoms with Crippen molar-refractivity contribution >= 4 is 35.0 Å². The zero-order valence-corrected chi connectivity index (χ0v) is 12.6. The molecule has 0 saturated carbocycles. The number of amides is 1. The minimum absolute atomic E-state index is 0.0803. The molecule has 1 aliphatic heterocycles. The summed E-state index contributed by atoms with van der Waals surface area (Å²) in [6.07, 6.45) is 0. The SMILES string of the molecule is CC(=O)N1CC(c2ccc(Cl)cc2)Sc2ccccc21. The summed E-state index contributed by atoms with van der Waals surface area (Å²) in [5.74, 6) is 0.0803. The Morgan fingerprint density at radius 1 is 1.20 bits per heavy atom. The van der Waals surface area contributed by atoms with E-state index in [9.17, 15) is 4.79 Å². The van der Waals surface area contributed by atoms with Crippen LogP contribution in [0.25, 0.3) is 0 Å². The molecule has 1 heterocycles. The number of benzene rings is 2. The Balaban J connectivity index is 1.97. The summed E-state index contributed by atoms with van der Waals surface area (Å²) in [4.78, 5) is 14.9. The minimum Gasteiger partial charge on any atom is -0.310 e. The van der Waals surface area contributed by atoms with Gasteiger partial charge in [0.15, 0.2) is 0 Å². The van der Waals surface area contributed by atoms with E-state index in [0.717, 1.165) is 15.6 Å².